The highest BCUT2D eigenvalue weighted by atomic mass is 16.1. The van der Waals surface area contributed by atoms with Crippen LogP contribution in [0.1, 0.15) is 33.3 Å². The van der Waals surface area contributed by atoms with Gasteiger partial charge in [-0.2, -0.15) is 0 Å². The summed E-state index contributed by atoms with van der Waals surface area (Å²) in [6.07, 6.45) is 1.68. The number of pyridine rings is 1. The summed E-state index contributed by atoms with van der Waals surface area (Å²) < 4.78 is 0. The van der Waals surface area contributed by atoms with Crippen LogP contribution in [0.15, 0.2) is 23.1 Å². The molecule has 70 valence electrons. The van der Waals surface area contributed by atoms with Gasteiger partial charge in [0.1, 0.15) is 0 Å². The fraction of sp³-hybridized carbons (Fsp3) is 0.500. The van der Waals surface area contributed by atoms with Gasteiger partial charge in [0.25, 0.3) is 0 Å². The second-order valence-corrected chi connectivity index (χ2v) is 1.73. The van der Waals surface area contributed by atoms with E-state index in [2.05, 4.69) is 4.98 Å². The van der Waals surface area contributed by atoms with Gasteiger partial charge in [-0.25, -0.2) is 0 Å². The third kappa shape index (κ3) is 7.06. The standard InChI is InChI=1S/C6H7NO.2C2H6/c1-5-2-3-6(8)7-4-5;2*1-2/h2-4H,1H3,(H,7,8);2*1-2H3. The van der Waals surface area contributed by atoms with E-state index in [0.717, 1.165) is 5.56 Å². The van der Waals surface area contributed by atoms with Crippen molar-refractivity contribution in [2.75, 3.05) is 0 Å². The predicted molar refractivity (Wildman–Crippen MR) is 54.5 cm³/mol. The summed E-state index contributed by atoms with van der Waals surface area (Å²) in [5.41, 5.74) is 1.03. The van der Waals surface area contributed by atoms with Gasteiger partial charge < -0.3 is 4.98 Å². The van der Waals surface area contributed by atoms with E-state index in [0.29, 0.717) is 0 Å². The Morgan fingerprint density at radius 2 is 1.58 bits per heavy atom. The second-order valence-electron chi connectivity index (χ2n) is 1.73. The minimum atomic E-state index is -0.0457. The average molecular weight is 169 g/mol. The van der Waals surface area contributed by atoms with Crippen LogP contribution in [0.3, 0.4) is 0 Å². The Labute approximate surface area is 74.6 Å². The molecule has 0 atom stereocenters. The quantitative estimate of drug-likeness (QED) is 0.636. The van der Waals surface area contributed by atoms with Gasteiger partial charge in [0, 0.05) is 12.3 Å². The Balaban J connectivity index is 0. The fourth-order valence-electron chi connectivity index (χ4n) is 0.488. The molecule has 0 aliphatic carbocycles. The Hall–Kier alpha value is -1.05. The first-order chi connectivity index (χ1) is 5.79. The molecule has 1 N–H and O–H groups in total. The summed E-state index contributed by atoms with van der Waals surface area (Å²) in [6, 6.07) is 3.29. The second kappa shape index (κ2) is 9.95. The van der Waals surface area contributed by atoms with Crippen molar-refractivity contribution in [3.05, 3.63) is 34.2 Å². The lowest BCUT2D eigenvalue weighted by molar-refractivity contribution is 1.20. The van der Waals surface area contributed by atoms with Crippen molar-refractivity contribution >= 4 is 0 Å². The van der Waals surface area contributed by atoms with Gasteiger partial charge in [-0.15, -0.1) is 0 Å². The van der Waals surface area contributed by atoms with Crippen molar-refractivity contribution in [2.24, 2.45) is 0 Å². The number of nitrogens with one attached hydrogen (secondary N) is 1. The van der Waals surface area contributed by atoms with Crippen molar-refractivity contribution < 1.29 is 0 Å². The molecule has 0 aliphatic heterocycles. The summed E-state index contributed by atoms with van der Waals surface area (Å²) in [5.74, 6) is 0. The molecule has 1 rings (SSSR count). The van der Waals surface area contributed by atoms with E-state index in [-0.39, 0.29) is 5.56 Å². The van der Waals surface area contributed by atoms with Crippen molar-refractivity contribution in [1.82, 2.24) is 4.98 Å². The minimum absolute atomic E-state index is 0.0457. The SMILES string of the molecule is CC.CC.Cc1ccc(=O)[nH]c1. The maximum Gasteiger partial charge on any atom is 0.247 e. The first kappa shape index (κ1) is 13.5. The van der Waals surface area contributed by atoms with Crippen molar-refractivity contribution in [3.8, 4) is 0 Å². The molecule has 0 aromatic carbocycles. The maximum atomic E-state index is 10.4. The van der Waals surface area contributed by atoms with Gasteiger partial charge in [0.05, 0.1) is 0 Å². The number of H-pyrrole nitrogens is 1. The Morgan fingerprint density at radius 3 is 1.83 bits per heavy atom. The van der Waals surface area contributed by atoms with E-state index < -0.39 is 0 Å². The number of hydrogen-bond donors (Lipinski definition) is 1. The summed E-state index contributed by atoms with van der Waals surface area (Å²) in [7, 11) is 0. The highest BCUT2D eigenvalue weighted by Crippen LogP contribution is 1.84. The van der Waals surface area contributed by atoms with Gasteiger partial charge in [-0.3, -0.25) is 4.79 Å². The third-order valence-corrected chi connectivity index (χ3v) is 0.940. The molecule has 2 nitrogen and oxygen atoms in total. The molecule has 2 heteroatoms. The number of aryl methyl sites for hydroxylation is 1. The highest BCUT2D eigenvalue weighted by Gasteiger charge is 1.78. The van der Waals surface area contributed by atoms with Crippen LogP contribution in [-0.2, 0) is 0 Å². The van der Waals surface area contributed by atoms with E-state index in [1.165, 1.54) is 6.07 Å². The summed E-state index contributed by atoms with van der Waals surface area (Å²) in [4.78, 5) is 12.9. The van der Waals surface area contributed by atoms with Gasteiger partial charge >= 0.3 is 0 Å². The van der Waals surface area contributed by atoms with Crippen LogP contribution < -0.4 is 5.56 Å². The molecule has 0 unspecified atom stereocenters. The zero-order valence-corrected chi connectivity index (χ0v) is 8.64. The van der Waals surface area contributed by atoms with E-state index >= 15 is 0 Å². The van der Waals surface area contributed by atoms with Crippen LogP contribution in [0.25, 0.3) is 0 Å². The molecule has 0 bridgehead atoms. The van der Waals surface area contributed by atoms with Crippen LogP contribution in [0.4, 0.5) is 0 Å². The first-order valence-electron chi connectivity index (χ1n) is 4.44. The molecule has 0 aliphatic rings. The first-order valence-corrected chi connectivity index (χ1v) is 4.44. The van der Waals surface area contributed by atoms with Gasteiger partial charge in [0.15, 0.2) is 0 Å². The lowest BCUT2D eigenvalue weighted by atomic mass is 10.3. The van der Waals surface area contributed by atoms with E-state index in [4.69, 9.17) is 0 Å². The molecule has 0 radical (unpaired) electrons. The topological polar surface area (TPSA) is 32.9 Å². The Morgan fingerprint density at radius 1 is 1.08 bits per heavy atom. The number of aromatic amines is 1. The van der Waals surface area contributed by atoms with Crippen LogP contribution >= 0.6 is 0 Å². The van der Waals surface area contributed by atoms with Crippen molar-refractivity contribution in [3.63, 3.8) is 0 Å². The molecule has 1 aromatic heterocycles. The van der Waals surface area contributed by atoms with Crippen LogP contribution in [0.2, 0.25) is 0 Å². The van der Waals surface area contributed by atoms with E-state index in [9.17, 15) is 4.79 Å². The molecule has 0 saturated heterocycles. The molecule has 1 aromatic rings. The minimum Gasteiger partial charge on any atom is -0.329 e. The smallest absolute Gasteiger partial charge is 0.247 e. The molecule has 0 amide bonds. The molecule has 1 heterocycles. The Bertz CT molecular complexity index is 207. The van der Waals surface area contributed by atoms with Crippen LogP contribution in [-0.4, -0.2) is 4.98 Å². The zero-order valence-electron chi connectivity index (χ0n) is 8.64. The summed E-state index contributed by atoms with van der Waals surface area (Å²) in [6.45, 7) is 9.93. The van der Waals surface area contributed by atoms with E-state index in [1.54, 1.807) is 12.3 Å². The summed E-state index contributed by atoms with van der Waals surface area (Å²) in [5, 5.41) is 0. The largest absolute Gasteiger partial charge is 0.329 e. The number of hydrogen-bond acceptors (Lipinski definition) is 1. The lowest BCUT2D eigenvalue weighted by Gasteiger charge is -1.83. The molecular weight excluding hydrogens is 150 g/mol. The molecule has 0 saturated carbocycles. The highest BCUT2D eigenvalue weighted by molar-refractivity contribution is 5.04. The monoisotopic (exact) mass is 169 g/mol. The number of rotatable bonds is 0. The number of aromatic nitrogens is 1. The average Bonchev–Trinajstić information content (AvgIpc) is 2.17. The Kier molecular flexibility index (Phi) is 11.2. The molecular formula is C10H19NO. The normalized spacial score (nSPS) is 7.08. The van der Waals surface area contributed by atoms with Crippen molar-refractivity contribution in [2.45, 2.75) is 34.6 Å². The van der Waals surface area contributed by atoms with Crippen LogP contribution in [0, 0.1) is 6.92 Å². The van der Waals surface area contributed by atoms with Crippen molar-refractivity contribution in [1.29, 1.82) is 0 Å². The van der Waals surface area contributed by atoms with E-state index in [1.807, 2.05) is 34.6 Å². The lowest BCUT2D eigenvalue weighted by Crippen LogP contribution is -2.00. The predicted octanol–water partition coefficient (Wildman–Crippen LogP) is 2.74. The molecule has 12 heavy (non-hydrogen) atoms. The summed E-state index contributed by atoms with van der Waals surface area (Å²) >= 11 is 0. The maximum absolute atomic E-state index is 10.4. The van der Waals surface area contributed by atoms with Gasteiger partial charge in [-0.1, -0.05) is 33.8 Å². The third-order valence-electron chi connectivity index (χ3n) is 0.940. The molecule has 0 spiro atoms. The zero-order chi connectivity index (χ0) is 9.98. The molecule has 0 fully saturated rings. The van der Waals surface area contributed by atoms with Crippen LogP contribution in [0.5, 0.6) is 0 Å². The van der Waals surface area contributed by atoms with Gasteiger partial charge in [-0.05, 0) is 12.5 Å². The fourth-order valence-corrected chi connectivity index (χ4v) is 0.488. The van der Waals surface area contributed by atoms with Gasteiger partial charge in [0.2, 0.25) is 5.56 Å².